The van der Waals surface area contributed by atoms with E-state index in [9.17, 15) is 4.79 Å². The Kier molecular flexibility index (Phi) is 13.1. The predicted molar refractivity (Wildman–Crippen MR) is 32.7 cm³/mol. The smallest absolute Gasteiger partial charge is 0.289 e. The van der Waals surface area contributed by atoms with Crippen LogP contribution in [0.5, 0.6) is 0 Å². The summed E-state index contributed by atoms with van der Waals surface area (Å²) in [5.41, 5.74) is 0. The summed E-state index contributed by atoms with van der Waals surface area (Å²) in [5, 5.41) is 8.12. The maximum atomic E-state index is 9.40. The zero-order valence-electron chi connectivity index (χ0n) is 5.05. The first-order chi connectivity index (χ1) is 3.68. The molecule has 0 rings (SSSR count). The van der Waals surface area contributed by atoms with Gasteiger partial charge in [0.05, 0.1) is 0 Å². The van der Waals surface area contributed by atoms with Gasteiger partial charge in [-0.1, -0.05) is 0 Å². The molecule has 0 saturated carbocycles. The third-order valence-electron chi connectivity index (χ3n) is 0.302. The van der Waals surface area contributed by atoms with Crippen molar-refractivity contribution in [2.24, 2.45) is 0 Å². The summed E-state index contributed by atoms with van der Waals surface area (Å²) in [7, 11) is 0. The van der Waals surface area contributed by atoms with Crippen LogP contribution in [0.3, 0.4) is 0 Å². The molecule has 4 heteroatoms. The van der Waals surface area contributed by atoms with E-state index in [1.807, 2.05) is 0 Å². The third kappa shape index (κ3) is 44.3. The molecule has 0 spiro atoms. The second kappa shape index (κ2) is 9.83. The minimum atomic E-state index is -0.684. The number of carbonyl (C=O) groups excluding carboxylic acids is 1. The number of aliphatic carboxylic acids is 1. The van der Waals surface area contributed by atoms with E-state index in [1.165, 1.54) is 6.92 Å². The number of carboxylic acid groups (broad SMARTS) is 1. The lowest BCUT2D eigenvalue weighted by Gasteiger charge is -1.71. The molecule has 0 unspecified atom stereocenters. The van der Waals surface area contributed by atoms with Gasteiger partial charge in [0, 0.05) is 0 Å². The summed E-state index contributed by atoms with van der Waals surface area (Å²) in [6.07, 6.45) is 0.750. The normalized spacial score (nSPS) is 6.12. The second-order valence-electron chi connectivity index (χ2n) is 0.983. The molecular weight excluding hydrogens is 123 g/mol. The Morgan fingerprint density at radius 1 is 1.88 bits per heavy atom. The van der Waals surface area contributed by atoms with Crippen molar-refractivity contribution >= 4 is 28.5 Å². The fraction of sp³-hybridized carbons (Fsp3) is 0.500. The molecule has 0 aromatic rings. The molecule has 1 N–H and O–H groups in total. The molecule has 8 heavy (non-hydrogen) atoms. The van der Waals surface area contributed by atoms with Gasteiger partial charge in [0.15, 0.2) is 0 Å². The van der Waals surface area contributed by atoms with E-state index >= 15 is 0 Å². The fourth-order valence-electron chi connectivity index (χ4n) is 0. The minimum Gasteiger partial charge on any atom is -0.482 e. The van der Waals surface area contributed by atoms with Crippen molar-refractivity contribution in [2.75, 3.05) is 0 Å². The molecule has 0 aliphatic carbocycles. The van der Waals surface area contributed by atoms with Crippen LogP contribution >= 0.6 is 0 Å². The Labute approximate surface area is 56.1 Å². The Hall–Kier alpha value is -0.328. The molecule has 0 heterocycles. The largest absolute Gasteiger partial charge is 0.482 e. The monoisotopic (exact) mass is 132 g/mol. The maximum Gasteiger partial charge on any atom is 0.289 e. The van der Waals surface area contributed by atoms with Crippen LogP contribution in [0.1, 0.15) is 6.92 Å². The number of rotatable bonds is 1. The van der Waals surface area contributed by atoms with Crippen molar-refractivity contribution in [1.82, 2.24) is 0 Å². The standard InChI is InChI=1S/C2H3O2.C2H4O.Al.2H/c1-2(3)4;1-2-3;;;/h1H2,(H,3,4);2H,1H3;;;. The van der Waals surface area contributed by atoms with E-state index in [1.54, 1.807) is 0 Å². The van der Waals surface area contributed by atoms with Crippen LogP contribution in [-0.2, 0) is 9.59 Å². The molecule has 0 atom stereocenters. The van der Waals surface area contributed by atoms with Crippen LogP contribution in [0, 0.1) is 0 Å². The molecule has 0 aromatic carbocycles. The lowest BCUT2D eigenvalue weighted by Crippen LogP contribution is -1.89. The molecule has 0 amide bonds. The van der Waals surface area contributed by atoms with E-state index in [0.717, 1.165) is 22.6 Å². The summed E-state index contributed by atoms with van der Waals surface area (Å²) in [6.45, 7) is 1.44. The van der Waals surface area contributed by atoms with Gasteiger partial charge in [-0.2, -0.15) is 0 Å². The van der Waals surface area contributed by atoms with E-state index in [4.69, 9.17) is 9.90 Å². The van der Waals surface area contributed by atoms with Gasteiger partial charge in [0.2, 0.25) is 16.3 Å². The average Bonchev–Trinajstić information content (AvgIpc) is 1.69. The van der Waals surface area contributed by atoms with Gasteiger partial charge in [-0.3, -0.25) is 4.79 Å². The fourth-order valence-corrected chi connectivity index (χ4v) is 0. The molecule has 0 aliphatic rings. The Balaban J connectivity index is 0. The summed E-state index contributed by atoms with van der Waals surface area (Å²) < 4.78 is 0. The van der Waals surface area contributed by atoms with Gasteiger partial charge in [0.1, 0.15) is 6.29 Å². The molecule has 0 aromatic heterocycles. The van der Waals surface area contributed by atoms with Crippen molar-refractivity contribution in [3.8, 4) is 0 Å². The Morgan fingerprint density at radius 2 is 2.00 bits per heavy atom. The van der Waals surface area contributed by atoms with Gasteiger partial charge >= 0.3 is 0 Å². The molecule has 0 aliphatic heterocycles. The molecule has 0 radical (unpaired) electrons. The summed E-state index contributed by atoms with van der Waals surface area (Å²) in [5.74, 6) is -0.684. The van der Waals surface area contributed by atoms with Crippen molar-refractivity contribution < 1.29 is 14.7 Å². The highest BCUT2D eigenvalue weighted by Crippen LogP contribution is 1.63. The number of carbonyl (C=O) groups is 2. The molecule has 46 valence electrons. The molecule has 0 fully saturated rings. The predicted octanol–water partition coefficient (Wildman–Crippen LogP) is -0.672. The molecule has 0 saturated heterocycles. The van der Waals surface area contributed by atoms with Crippen molar-refractivity contribution in [3.63, 3.8) is 0 Å². The van der Waals surface area contributed by atoms with Crippen LogP contribution in [0.25, 0.3) is 0 Å². The van der Waals surface area contributed by atoms with Crippen molar-refractivity contribution in [2.45, 2.75) is 12.2 Å². The number of hydrogen-bond donors (Lipinski definition) is 1. The van der Waals surface area contributed by atoms with Crippen LogP contribution in [0.2, 0.25) is 5.28 Å². The summed E-state index contributed by atoms with van der Waals surface area (Å²) in [6, 6.07) is 0. The lowest BCUT2D eigenvalue weighted by atomic mass is 10.8. The highest BCUT2D eigenvalue weighted by molar-refractivity contribution is 6.18. The van der Waals surface area contributed by atoms with Gasteiger partial charge in [-0.15, -0.1) is 0 Å². The van der Waals surface area contributed by atoms with Gasteiger partial charge in [0.25, 0.3) is 5.97 Å². The van der Waals surface area contributed by atoms with Gasteiger partial charge in [-0.05, 0) is 12.2 Å². The lowest BCUT2D eigenvalue weighted by molar-refractivity contribution is -0.134. The quantitative estimate of drug-likeness (QED) is 0.380. The van der Waals surface area contributed by atoms with Crippen molar-refractivity contribution in [3.05, 3.63) is 0 Å². The first kappa shape index (κ1) is 10.6. The molecule has 3 nitrogen and oxygen atoms in total. The SMILES string of the molecule is CC=O.O=C(O)[CH2][AlH2]. The summed E-state index contributed by atoms with van der Waals surface area (Å²) in [4.78, 5) is 18.2. The Morgan fingerprint density at radius 3 is 2.00 bits per heavy atom. The second-order valence-corrected chi connectivity index (χ2v) is 1.69. The zero-order chi connectivity index (χ0) is 6.99. The van der Waals surface area contributed by atoms with E-state index in [-0.39, 0.29) is 0 Å². The maximum absolute atomic E-state index is 9.40. The first-order valence-electron chi connectivity index (χ1n) is 2.30. The highest BCUT2D eigenvalue weighted by Gasteiger charge is 1.81. The average molecular weight is 132 g/mol. The van der Waals surface area contributed by atoms with Gasteiger partial charge < -0.3 is 9.90 Å². The van der Waals surface area contributed by atoms with Gasteiger partial charge in [-0.25, -0.2) is 0 Å². The number of aldehydes is 1. The first-order valence-corrected chi connectivity index (χ1v) is 3.72. The van der Waals surface area contributed by atoms with Crippen molar-refractivity contribution in [1.29, 1.82) is 0 Å². The highest BCUT2D eigenvalue weighted by atomic mass is 27.0. The van der Waals surface area contributed by atoms with E-state index in [2.05, 4.69) is 0 Å². The van der Waals surface area contributed by atoms with E-state index in [0.29, 0.717) is 5.28 Å². The third-order valence-corrected chi connectivity index (χ3v) is 0.907. The Bertz CT molecular complexity index is 71.7. The zero-order valence-corrected chi connectivity index (χ0v) is 7.05. The van der Waals surface area contributed by atoms with Crippen LogP contribution < -0.4 is 0 Å². The topological polar surface area (TPSA) is 54.4 Å². The molecular formula is C4H9AlO3. The molecule has 0 bridgehead atoms. The van der Waals surface area contributed by atoms with Crippen LogP contribution in [0.4, 0.5) is 0 Å². The minimum absolute atomic E-state index is 0.361. The van der Waals surface area contributed by atoms with Crippen LogP contribution in [0.15, 0.2) is 0 Å². The number of hydrogen-bond acceptors (Lipinski definition) is 2. The summed E-state index contributed by atoms with van der Waals surface area (Å²) >= 11 is 0.774. The van der Waals surface area contributed by atoms with Crippen LogP contribution in [-0.4, -0.2) is 33.7 Å². The van der Waals surface area contributed by atoms with E-state index < -0.39 is 5.97 Å². The number of carboxylic acids is 1.